The number of fused-ring (bicyclic) bond motifs is 1. The molecule has 152 valence electrons. The topological polar surface area (TPSA) is 59.8 Å². The smallest absolute Gasteiger partial charge is 0.251 e. The Morgan fingerprint density at radius 3 is 2.50 bits per heavy atom. The zero-order valence-corrected chi connectivity index (χ0v) is 17.4. The molecule has 1 N–H and O–H groups in total. The number of nitrogens with zero attached hydrogens (tertiary/aromatic N) is 3. The summed E-state index contributed by atoms with van der Waals surface area (Å²) >= 11 is 0. The fourth-order valence-electron chi connectivity index (χ4n) is 3.57. The molecule has 1 atom stereocenters. The summed E-state index contributed by atoms with van der Waals surface area (Å²) < 4.78 is 2.18. The molecule has 2 aromatic heterocycles. The minimum absolute atomic E-state index is 0.131. The Balaban J connectivity index is 1.58. The molecule has 0 bridgehead atoms. The third kappa shape index (κ3) is 4.25. The minimum atomic E-state index is -0.131. The van der Waals surface area contributed by atoms with E-state index >= 15 is 0 Å². The van der Waals surface area contributed by atoms with Crippen molar-refractivity contribution in [1.82, 2.24) is 19.9 Å². The molecule has 0 aliphatic carbocycles. The van der Waals surface area contributed by atoms with Gasteiger partial charge in [0.15, 0.2) is 0 Å². The van der Waals surface area contributed by atoms with Crippen LogP contribution in [-0.2, 0) is 13.1 Å². The average molecular weight is 399 g/mol. The van der Waals surface area contributed by atoms with E-state index in [1.165, 1.54) is 11.1 Å². The van der Waals surface area contributed by atoms with Gasteiger partial charge >= 0.3 is 0 Å². The zero-order chi connectivity index (χ0) is 20.9. The van der Waals surface area contributed by atoms with E-state index in [-0.39, 0.29) is 5.91 Å². The van der Waals surface area contributed by atoms with Gasteiger partial charge in [0.25, 0.3) is 5.91 Å². The molecule has 30 heavy (non-hydrogen) atoms. The van der Waals surface area contributed by atoms with Crippen molar-refractivity contribution in [2.24, 2.45) is 0 Å². The first-order valence-electron chi connectivity index (χ1n) is 10.4. The Morgan fingerprint density at radius 2 is 1.77 bits per heavy atom. The van der Waals surface area contributed by atoms with E-state index in [1.54, 1.807) is 24.5 Å². The lowest BCUT2D eigenvalue weighted by Gasteiger charge is -2.13. The van der Waals surface area contributed by atoms with Crippen molar-refractivity contribution in [2.45, 2.75) is 39.3 Å². The van der Waals surface area contributed by atoms with E-state index < -0.39 is 0 Å². The minimum Gasteiger partial charge on any atom is -0.345 e. The predicted molar refractivity (Wildman–Crippen MR) is 119 cm³/mol. The second-order valence-corrected chi connectivity index (χ2v) is 7.57. The molecule has 0 radical (unpaired) electrons. The molecule has 5 heteroatoms. The molecule has 0 aliphatic rings. The number of carbonyl (C=O) groups is 1. The van der Waals surface area contributed by atoms with Crippen LogP contribution >= 0.6 is 0 Å². The highest BCUT2D eigenvalue weighted by Gasteiger charge is 2.13. The van der Waals surface area contributed by atoms with Crippen LogP contribution in [0.3, 0.4) is 0 Å². The van der Waals surface area contributed by atoms with Crippen molar-refractivity contribution < 1.29 is 4.79 Å². The Morgan fingerprint density at radius 1 is 1.03 bits per heavy atom. The summed E-state index contributed by atoms with van der Waals surface area (Å²) in [6.07, 6.45) is 4.37. The van der Waals surface area contributed by atoms with E-state index in [4.69, 9.17) is 4.98 Å². The highest BCUT2D eigenvalue weighted by Crippen LogP contribution is 2.21. The van der Waals surface area contributed by atoms with Gasteiger partial charge in [-0.25, -0.2) is 4.98 Å². The van der Waals surface area contributed by atoms with E-state index in [9.17, 15) is 4.79 Å². The van der Waals surface area contributed by atoms with E-state index in [1.807, 2.05) is 18.2 Å². The molecule has 0 saturated carbocycles. The second kappa shape index (κ2) is 8.91. The first kappa shape index (κ1) is 19.8. The maximum Gasteiger partial charge on any atom is 0.251 e. The number of hydrogen-bond acceptors (Lipinski definition) is 3. The van der Waals surface area contributed by atoms with Crippen LogP contribution in [0.25, 0.3) is 11.0 Å². The monoisotopic (exact) mass is 398 g/mol. The highest BCUT2D eigenvalue weighted by atomic mass is 16.1. The Labute approximate surface area is 176 Å². The number of pyridine rings is 1. The van der Waals surface area contributed by atoms with Crippen LogP contribution in [-0.4, -0.2) is 20.4 Å². The maximum absolute atomic E-state index is 12.5. The van der Waals surface area contributed by atoms with Crippen LogP contribution in [0.4, 0.5) is 0 Å². The first-order valence-corrected chi connectivity index (χ1v) is 10.4. The van der Waals surface area contributed by atoms with Crippen LogP contribution in [0.5, 0.6) is 0 Å². The van der Waals surface area contributed by atoms with Gasteiger partial charge in [-0.1, -0.05) is 50.2 Å². The lowest BCUT2D eigenvalue weighted by molar-refractivity contribution is 0.0949. The van der Waals surface area contributed by atoms with Gasteiger partial charge in [-0.15, -0.1) is 0 Å². The molecule has 2 aromatic carbocycles. The first-order chi connectivity index (χ1) is 14.7. The molecule has 5 nitrogen and oxygen atoms in total. The number of nitrogens with one attached hydrogen (secondary N) is 1. The normalized spacial score (nSPS) is 12.1. The molecule has 0 saturated heterocycles. The molecule has 1 unspecified atom stereocenters. The number of benzene rings is 2. The Bertz CT molecular complexity index is 1130. The molecule has 0 spiro atoms. The third-order valence-corrected chi connectivity index (χ3v) is 5.58. The largest absolute Gasteiger partial charge is 0.345 e. The summed E-state index contributed by atoms with van der Waals surface area (Å²) in [6, 6.07) is 20.3. The number of imidazole rings is 1. The van der Waals surface area contributed by atoms with Gasteiger partial charge in [0.2, 0.25) is 0 Å². The lowest BCUT2D eigenvalue weighted by atomic mass is 9.98. The number of aromatic nitrogens is 3. The SMILES string of the molecule is CCC(C)c1ccc(Cn2c(CNC(=O)c3ccncc3)nc3ccccc32)cc1. The van der Waals surface area contributed by atoms with Crippen LogP contribution < -0.4 is 5.32 Å². The van der Waals surface area contributed by atoms with Crippen molar-refractivity contribution in [1.29, 1.82) is 0 Å². The summed E-state index contributed by atoms with van der Waals surface area (Å²) in [5, 5.41) is 2.98. The Kier molecular flexibility index (Phi) is 5.89. The van der Waals surface area contributed by atoms with Gasteiger partial charge in [-0.05, 0) is 47.7 Å². The lowest BCUT2D eigenvalue weighted by Crippen LogP contribution is -2.24. The zero-order valence-electron chi connectivity index (χ0n) is 17.4. The maximum atomic E-state index is 12.5. The summed E-state index contributed by atoms with van der Waals surface area (Å²) in [5.41, 5.74) is 5.17. The number of para-hydroxylation sites is 2. The molecular formula is C25H26N4O. The molecule has 0 aliphatic heterocycles. The fourth-order valence-corrected chi connectivity index (χ4v) is 3.57. The molecule has 4 aromatic rings. The van der Waals surface area contributed by atoms with E-state index in [2.05, 4.69) is 59.0 Å². The standard InChI is InChI=1S/C25H26N4O/c1-3-18(2)20-10-8-19(9-11-20)17-29-23-7-5-4-6-22(23)28-24(29)16-27-25(30)21-12-14-26-15-13-21/h4-15,18H,3,16-17H2,1-2H3,(H,27,30). The van der Waals surface area contributed by atoms with Gasteiger partial charge in [-0.3, -0.25) is 9.78 Å². The highest BCUT2D eigenvalue weighted by molar-refractivity contribution is 5.93. The molecular weight excluding hydrogens is 372 g/mol. The number of hydrogen-bond donors (Lipinski definition) is 1. The number of amides is 1. The third-order valence-electron chi connectivity index (χ3n) is 5.58. The van der Waals surface area contributed by atoms with Crippen molar-refractivity contribution in [3.8, 4) is 0 Å². The van der Waals surface area contributed by atoms with Crippen molar-refractivity contribution >= 4 is 16.9 Å². The predicted octanol–water partition coefficient (Wildman–Crippen LogP) is 4.92. The number of rotatable bonds is 7. The van der Waals surface area contributed by atoms with Gasteiger partial charge < -0.3 is 9.88 Å². The average Bonchev–Trinajstić information content (AvgIpc) is 3.15. The molecule has 0 fully saturated rings. The molecule has 1 amide bonds. The van der Waals surface area contributed by atoms with Crippen molar-refractivity contribution in [3.63, 3.8) is 0 Å². The second-order valence-electron chi connectivity index (χ2n) is 7.57. The van der Waals surface area contributed by atoms with Gasteiger partial charge in [0, 0.05) is 24.5 Å². The van der Waals surface area contributed by atoms with Crippen LogP contribution in [0.1, 0.15) is 53.5 Å². The van der Waals surface area contributed by atoms with Gasteiger partial charge in [-0.2, -0.15) is 0 Å². The quantitative estimate of drug-likeness (QED) is 0.480. The Hall–Kier alpha value is -3.47. The van der Waals surface area contributed by atoms with Crippen LogP contribution in [0.2, 0.25) is 0 Å². The van der Waals surface area contributed by atoms with Crippen LogP contribution in [0.15, 0.2) is 73.1 Å². The molecule has 2 heterocycles. The number of carbonyl (C=O) groups excluding carboxylic acids is 1. The van der Waals surface area contributed by atoms with Crippen molar-refractivity contribution in [2.75, 3.05) is 0 Å². The van der Waals surface area contributed by atoms with Gasteiger partial charge in [0.1, 0.15) is 5.82 Å². The summed E-state index contributed by atoms with van der Waals surface area (Å²) in [6.45, 7) is 5.53. The van der Waals surface area contributed by atoms with Gasteiger partial charge in [0.05, 0.1) is 17.6 Å². The summed E-state index contributed by atoms with van der Waals surface area (Å²) in [5.74, 6) is 1.27. The molecule has 4 rings (SSSR count). The fraction of sp³-hybridized carbons (Fsp3) is 0.240. The summed E-state index contributed by atoms with van der Waals surface area (Å²) in [4.78, 5) is 21.2. The van der Waals surface area contributed by atoms with E-state index in [0.717, 1.165) is 23.3 Å². The summed E-state index contributed by atoms with van der Waals surface area (Å²) in [7, 11) is 0. The van der Waals surface area contributed by atoms with E-state index in [0.29, 0.717) is 24.6 Å². The van der Waals surface area contributed by atoms with Crippen LogP contribution in [0, 0.1) is 0 Å². The van der Waals surface area contributed by atoms with Crippen molar-refractivity contribution in [3.05, 3.63) is 95.6 Å².